The van der Waals surface area contributed by atoms with Crippen LogP contribution in [0.2, 0.25) is 0 Å². The molecule has 0 spiro atoms. The fourth-order valence-corrected chi connectivity index (χ4v) is 1.68. The van der Waals surface area contributed by atoms with Crippen LogP contribution in [0.15, 0.2) is 30.3 Å². The molecule has 0 saturated carbocycles. The first-order chi connectivity index (χ1) is 6.70. The van der Waals surface area contributed by atoms with Gasteiger partial charge < -0.3 is 0 Å². The van der Waals surface area contributed by atoms with E-state index in [1.54, 1.807) is 30.3 Å². The molecule has 3 nitrogen and oxygen atoms in total. The molecular formula is C8H9F2O3P. The Kier molecular flexibility index (Phi) is 4.20. The lowest BCUT2D eigenvalue weighted by atomic mass is 10.2. The lowest BCUT2D eigenvalue weighted by Crippen LogP contribution is -1.95. The molecule has 0 amide bonds. The Morgan fingerprint density at radius 2 is 1.71 bits per heavy atom. The van der Waals surface area contributed by atoms with Gasteiger partial charge in [-0.3, -0.25) is 4.57 Å². The molecule has 0 fully saturated rings. The van der Waals surface area contributed by atoms with Crippen LogP contribution in [0.3, 0.4) is 0 Å². The molecule has 1 aromatic rings. The van der Waals surface area contributed by atoms with E-state index in [1.807, 2.05) is 0 Å². The predicted octanol–water partition coefficient (Wildman–Crippen LogP) is 3.22. The van der Waals surface area contributed by atoms with E-state index >= 15 is 0 Å². The minimum Gasteiger partial charge on any atom is -0.255 e. The summed E-state index contributed by atoms with van der Waals surface area (Å²) in [7, 11) is -4.18. The van der Waals surface area contributed by atoms with Crippen LogP contribution in [0.25, 0.3) is 0 Å². The second-order valence-corrected chi connectivity index (χ2v) is 4.65. The topological polar surface area (TPSA) is 35.5 Å². The Morgan fingerprint density at radius 3 is 2.21 bits per heavy atom. The van der Waals surface area contributed by atoms with E-state index in [9.17, 15) is 13.6 Å². The van der Waals surface area contributed by atoms with Crippen LogP contribution in [0.4, 0.5) is 9.05 Å². The van der Waals surface area contributed by atoms with Crippen LogP contribution in [-0.4, -0.2) is 6.16 Å². The summed E-state index contributed by atoms with van der Waals surface area (Å²) in [6.07, 6.45) is -0.101. The summed E-state index contributed by atoms with van der Waals surface area (Å²) in [5.41, 5.74) is 0.807. The van der Waals surface area contributed by atoms with Gasteiger partial charge in [0.2, 0.25) is 0 Å². The molecular weight excluding hydrogens is 213 g/mol. The summed E-state index contributed by atoms with van der Waals surface area (Å²) in [5.74, 6) is 0. The van der Waals surface area contributed by atoms with Crippen molar-refractivity contribution in [3.63, 3.8) is 0 Å². The molecule has 0 atom stereocenters. The van der Waals surface area contributed by atoms with Crippen LogP contribution < -0.4 is 0 Å². The van der Waals surface area contributed by atoms with Crippen LogP contribution >= 0.6 is 7.60 Å². The molecule has 1 rings (SSSR count). The van der Waals surface area contributed by atoms with Gasteiger partial charge in [0.25, 0.3) is 0 Å². The standard InChI is InChI=1S/C8H9F2O3P/c9-12-14(11,13-10)7-6-8-4-2-1-3-5-8/h1-5H,6-7H2. The fourth-order valence-electron chi connectivity index (χ4n) is 0.990. The van der Waals surface area contributed by atoms with Crippen molar-refractivity contribution >= 4 is 7.60 Å². The van der Waals surface area contributed by atoms with E-state index in [1.165, 1.54) is 0 Å². The number of halogens is 2. The summed E-state index contributed by atoms with van der Waals surface area (Å²) in [4.78, 5) is 0. The van der Waals surface area contributed by atoms with Crippen LogP contribution in [0.1, 0.15) is 5.56 Å². The quantitative estimate of drug-likeness (QED) is 0.717. The van der Waals surface area contributed by atoms with E-state index in [0.717, 1.165) is 5.56 Å². The maximum absolute atomic E-state index is 11.6. The van der Waals surface area contributed by atoms with Gasteiger partial charge in [0.05, 0.1) is 6.16 Å². The molecule has 6 heteroatoms. The summed E-state index contributed by atoms with van der Waals surface area (Å²) in [6, 6.07) is 8.85. The summed E-state index contributed by atoms with van der Waals surface area (Å²) in [6.45, 7) is 0. The molecule has 0 saturated heterocycles. The number of benzene rings is 1. The monoisotopic (exact) mass is 222 g/mol. The highest BCUT2D eigenvalue weighted by Crippen LogP contribution is 2.49. The number of hydrogen-bond acceptors (Lipinski definition) is 3. The summed E-state index contributed by atoms with van der Waals surface area (Å²) in [5, 5.41) is 0. The first-order valence-electron chi connectivity index (χ1n) is 3.94. The molecule has 0 bridgehead atoms. The fraction of sp³-hybridized carbons (Fsp3) is 0.250. The first-order valence-corrected chi connectivity index (χ1v) is 5.66. The predicted molar refractivity (Wildman–Crippen MR) is 47.0 cm³/mol. The van der Waals surface area contributed by atoms with E-state index in [-0.39, 0.29) is 12.6 Å². The molecule has 0 N–H and O–H groups in total. The molecule has 0 aliphatic carbocycles. The summed E-state index contributed by atoms with van der Waals surface area (Å²) >= 11 is 0. The van der Waals surface area contributed by atoms with Gasteiger partial charge in [0, 0.05) is 0 Å². The van der Waals surface area contributed by atoms with E-state index in [0.29, 0.717) is 0 Å². The van der Waals surface area contributed by atoms with Gasteiger partial charge >= 0.3 is 7.60 Å². The maximum atomic E-state index is 11.6. The van der Waals surface area contributed by atoms with E-state index in [4.69, 9.17) is 0 Å². The smallest absolute Gasteiger partial charge is 0.255 e. The van der Waals surface area contributed by atoms with Gasteiger partial charge in [0.15, 0.2) is 0 Å². The zero-order chi connectivity index (χ0) is 10.4. The normalized spacial score (nSPS) is 11.6. The average molecular weight is 222 g/mol. The van der Waals surface area contributed by atoms with E-state index in [2.05, 4.69) is 9.46 Å². The van der Waals surface area contributed by atoms with Gasteiger partial charge in [0.1, 0.15) is 0 Å². The third kappa shape index (κ3) is 3.18. The third-order valence-electron chi connectivity index (χ3n) is 1.73. The highest BCUT2D eigenvalue weighted by Gasteiger charge is 2.26. The Hall–Kier alpha value is -0.770. The minimum atomic E-state index is -4.18. The molecule has 0 aliphatic rings. The van der Waals surface area contributed by atoms with Gasteiger partial charge in [-0.1, -0.05) is 30.3 Å². The van der Waals surface area contributed by atoms with Crippen molar-refractivity contribution < 1.29 is 23.1 Å². The van der Waals surface area contributed by atoms with Crippen molar-refractivity contribution in [3.8, 4) is 0 Å². The number of rotatable bonds is 5. The zero-order valence-electron chi connectivity index (χ0n) is 7.23. The highest BCUT2D eigenvalue weighted by molar-refractivity contribution is 7.53. The van der Waals surface area contributed by atoms with Gasteiger partial charge in [-0.2, -0.15) is 0 Å². The second-order valence-electron chi connectivity index (χ2n) is 2.71. The lowest BCUT2D eigenvalue weighted by Gasteiger charge is -2.06. The lowest BCUT2D eigenvalue weighted by molar-refractivity contribution is -0.0873. The maximum Gasteiger partial charge on any atom is 0.395 e. The van der Waals surface area contributed by atoms with E-state index < -0.39 is 7.60 Å². The summed E-state index contributed by atoms with van der Waals surface area (Å²) < 4.78 is 40.1. The molecule has 1 aromatic carbocycles. The average Bonchev–Trinajstić information content (AvgIpc) is 2.27. The Balaban J connectivity index is 2.52. The van der Waals surface area contributed by atoms with Gasteiger partial charge in [-0.15, -0.1) is 9.46 Å². The van der Waals surface area contributed by atoms with Crippen molar-refractivity contribution in [1.82, 2.24) is 0 Å². The minimum absolute atomic E-state index is 0.228. The molecule has 78 valence electrons. The largest absolute Gasteiger partial charge is 0.395 e. The number of aryl methyl sites for hydroxylation is 1. The molecule has 0 aromatic heterocycles. The third-order valence-corrected chi connectivity index (χ3v) is 2.92. The van der Waals surface area contributed by atoms with Crippen LogP contribution in [-0.2, 0) is 20.4 Å². The highest BCUT2D eigenvalue weighted by atomic mass is 31.2. The zero-order valence-corrected chi connectivity index (χ0v) is 8.12. The molecule has 0 heterocycles. The van der Waals surface area contributed by atoms with Gasteiger partial charge in [-0.25, -0.2) is 0 Å². The van der Waals surface area contributed by atoms with Crippen LogP contribution in [0.5, 0.6) is 0 Å². The van der Waals surface area contributed by atoms with Crippen molar-refractivity contribution in [2.24, 2.45) is 0 Å². The SMILES string of the molecule is O=P(CCc1ccccc1)(OF)OF. The van der Waals surface area contributed by atoms with Crippen LogP contribution in [0, 0.1) is 0 Å². The van der Waals surface area contributed by atoms with Crippen molar-refractivity contribution in [1.29, 1.82) is 0 Å². The van der Waals surface area contributed by atoms with Crippen molar-refractivity contribution in [2.45, 2.75) is 6.42 Å². The second kappa shape index (κ2) is 5.20. The molecule has 14 heavy (non-hydrogen) atoms. The van der Waals surface area contributed by atoms with Crippen molar-refractivity contribution in [3.05, 3.63) is 35.9 Å². The Labute approximate surface area is 80.0 Å². The van der Waals surface area contributed by atoms with Crippen molar-refractivity contribution in [2.75, 3.05) is 6.16 Å². The molecule has 0 unspecified atom stereocenters. The Bertz CT molecular complexity index is 310. The first kappa shape index (κ1) is 11.3. The molecule has 0 radical (unpaired) electrons. The number of hydrogen-bond donors (Lipinski definition) is 0. The van der Waals surface area contributed by atoms with Gasteiger partial charge in [-0.05, 0) is 21.0 Å². The Morgan fingerprint density at radius 1 is 1.14 bits per heavy atom. The molecule has 0 aliphatic heterocycles.